The van der Waals surface area contributed by atoms with Gasteiger partial charge in [-0.05, 0) is 12.8 Å². The largest absolute Gasteiger partial charge is 0.478 e. The van der Waals surface area contributed by atoms with Crippen molar-refractivity contribution in [2.45, 2.75) is 37.8 Å². The quantitative estimate of drug-likeness (QED) is 0.708. The van der Waals surface area contributed by atoms with Crippen LogP contribution in [-0.4, -0.2) is 38.3 Å². The Bertz CT molecular complexity index is 430. The lowest BCUT2D eigenvalue weighted by Crippen LogP contribution is -2.45. The minimum Gasteiger partial charge on any atom is -0.478 e. The van der Waals surface area contributed by atoms with Gasteiger partial charge in [0, 0.05) is 18.3 Å². The maximum atomic E-state index is 11.0. The number of hydrogen-bond donors (Lipinski definition) is 3. The van der Waals surface area contributed by atoms with Crippen LogP contribution < -0.4 is 5.32 Å². The van der Waals surface area contributed by atoms with Crippen LogP contribution in [0.2, 0.25) is 0 Å². The van der Waals surface area contributed by atoms with E-state index in [1.807, 2.05) is 0 Å². The normalized spacial score (nSPS) is 17.8. The van der Waals surface area contributed by atoms with Crippen molar-refractivity contribution in [1.82, 2.24) is 15.3 Å². The molecule has 0 aliphatic heterocycles. The molecule has 0 saturated heterocycles. The number of aliphatic hydroxyl groups excluding tert-OH is 1. The summed E-state index contributed by atoms with van der Waals surface area (Å²) in [5.41, 5.74) is 0.286. The Morgan fingerprint density at radius 2 is 2.17 bits per heavy atom. The van der Waals surface area contributed by atoms with Gasteiger partial charge in [0.15, 0.2) is 0 Å². The zero-order valence-electron chi connectivity index (χ0n) is 10.1. The van der Waals surface area contributed by atoms with Crippen LogP contribution in [0.25, 0.3) is 0 Å². The van der Waals surface area contributed by atoms with Gasteiger partial charge in [0.05, 0.1) is 12.3 Å². The number of carbonyl (C=O) groups is 1. The van der Waals surface area contributed by atoms with Crippen molar-refractivity contribution in [2.24, 2.45) is 0 Å². The summed E-state index contributed by atoms with van der Waals surface area (Å²) in [7, 11) is 0. The van der Waals surface area contributed by atoms with E-state index in [1.54, 1.807) is 0 Å². The van der Waals surface area contributed by atoms with E-state index in [-0.39, 0.29) is 17.7 Å². The summed E-state index contributed by atoms with van der Waals surface area (Å²) in [6, 6.07) is 0. The number of hydrogen-bond acceptors (Lipinski definition) is 5. The Morgan fingerprint density at radius 3 is 2.78 bits per heavy atom. The highest BCUT2D eigenvalue weighted by molar-refractivity contribution is 5.88. The number of carboxylic acid groups (broad SMARTS) is 1. The first kappa shape index (κ1) is 12.9. The van der Waals surface area contributed by atoms with Gasteiger partial charge < -0.3 is 15.5 Å². The van der Waals surface area contributed by atoms with Crippen LogP contribution in [0.15, 0.2) is 12.5 Å². The number of aromatic carboxylic acids is 1. The number of aromatic nitrogens is 2. The third kappa shape index (κ3) is 2.65. The van der Waals surface area contributed by atoms with Gasteiger partial charge in [-0.3, -0.25) is 0 Å². The van der Waals surface area contributed by atoms with Crippen LogP contribution in [0, 0.1) is 0 Å². The second-order valence-electron chi connectivity index (χ2n) is 4.69. The van der Waals surface area contributed by atoms with Gasteiger partial charge in [-0.25, -0.2) is 14.8 Å². The van der Waals surface area contributed by atoms with Gasteiger partial charge in [0.25, 0.3) is 0 Å². The molecule has 0 unspecified atom stereocenters. The fourth-order valence-corrected chi connectivity index (χ4v) is 2.39. The average Bonchev–Trinajstić information content (AvgIpc) is 2.86. The van der Waals surface area contributed by atoms with Crippen molar-refractivity contribution in [3.63, 3.8) is 0 Å². The highest BCUT2D eigenvalue weighted by Gasteiger charge is 2.32. The molecule has 1 aromatic heterocycles. The molecule has 1 heterocycles. The van der Waals surface area contributed by atoms with Crippen molar-refractivity contribution in [2.75, 3.05) is 6.61 Å². The molecule has 6 nitrogen and oxygen atoms in total. The van der Waals surface area contributed by atoms with E-state index >= 15 is 0 Å². The molecular formula is C12H17N3O3. The van der Waals surface area contributed by atoms with Crippen LogP contribution in [0.1, 0.15) is 41.7 Å². The summed E-state index contributed by atoms with van der Waals surface area (Å²) in [5, 5.41) is 21.7. The predicted molar refractivity (Wildman–Crippen MR) is 64.1 cm³/mol. The van der Waals surface area contributed by atoms with E-state index in [1.165, 1.54) is 12.5 Å². The molecule has 2 rings (SSSR count). The van der Waals surface area contributed by atoms with Gasteiger partial charge in [-0.1, -0.05) is 12.8 Å². The zero-order valence-corrected chi connectivity index (χ0v) is 10.1. The first-order valence-electron chi connectivity index (χ1n) is 6.05. The van der Waals surface area contributed by atoms with E-state index in [4.69, 9.17) is 5.11 Å². The van der Waals surface area contributed by atoms with Gasteiger partial charge in [-0.2, -0.15) is 0 Å². The molecule has 0 amide bonds. The van der Waals surface area contributed by atoms with Crippen LogP contribution >= 0.6 is 0 Å². The van der Waals surface area contributed by atoms with E-state index < -0.39 is 5.97 Å². The SMILES string of the molecule is O=C(O)c1cncnc1CNC1(CO)CCCC1. The summed E-state index contributed by atoms with van der Waals surface area (Å²) in [4.78, 5) is 18.7. The first-order valence-corrected chi connectivity index (χ1v) is 6.05. The lowest BCUT2D eigenvalue weighted by molar-refractivity contribution is 0.0694. The van der Waals surface area contributed by atoms with Gasteiger partial charge in [-0.15, -0.1) is 0 Å². The van der Waals surface area contributed by atoms with E-state index in [0.29, 0.717) is 12.2 Å². The number of aliphatic hydroxyl groups is 1. The van der Waals surface area contributed by atoms with Crippen molar-refractivity contribution in [3.8, 4) is 0 Å². The smallest absolute Gasteiger partial charge is 0.339 e. The summed E-state index contributed by atoms with van der Waals surface area (Å²) in [5.74, 6) is -1.03. The second-order valence-corrected chi connectivity index (χ2v) is 4.69. The van der Waals surface area contributed by atoms with Crippen LogP contribution in [-0.2, 0) is 6.54 Å². The molecule has 0 aromatic carbocycles. The highest BCUT2D eigenvalue weighted by atomic mass is 16.4. The molecule has 6 heteroatoms. The number of nitrogens with one attached hydrogen (secondary N) is 1. The molecule has 98 valence electrons. The number of carboxylic acids is 1. The Morgan fingerprint density at radius 1 is 1.44 bits per heavy atom. The molecule has 1 fully saturated rings. The van der Waals surface area contributed by atoms with E-state index in [9.17, 15) is 9.90 Å². The molecule has 1 aromatic rings. The van der Waals surface area contributed by atoms with Crippen molar-refractivity contribution in [3.05, 3.63) is 23.8 Å². The fourth-order valence-electron chi connectivity index (χ4n) is 2.39. The Hall–Kier alpha value is -1.53. The molecule has 1 aliphatic carbocycles. The van der Waals surface area contributed by atoms with Crippen molar-refractivity contribution < 1.29 is 15.0 Å². The fraction of sp³-hybridized carbons (Fsp3) is 0.583. The molecule has 0 radical (unpaired) electrons. The molecule has 18 heavy (non-hydrogen) atoms. The highest BCUT2D eigenvalue weighted by Crippen LogP contribution is 2.29. The van der Waals surface area contributed by atoms with Crippen LogP contribution in [0.4, 0.5) is 0 Å². The first-order chi connectivity index (χ1) is 8.67. The molecule has 0 bridgehead atoms. The minimum absolute atomic E-state index is 0.0699. The topological polar surface area (TPSA) is 95.3 Å². The Labute approximate surface area is 105 Å². The van der Waals surface area contributed by atoms with Crippen LogP contribution in [0.3, 0.4) is 0 Å². The molecule has 1 aliphatic rings. The van der Waals surface area contributed by atoms with E-state index in [2.05, 4.69) is 15.3 Å². The molecule has 3 N–H and O–H groups in total. The maximum Gasteiger partial charge on any atom is 0.339 e. The zero-order chi connectivity index (χ0) is 13.0. The lowest BCUT2D eigenvalue weighted by Gasteiger charge is -2.28. The van der Waals surface area contributed by atoms with Gasteiger partial charge in [0.1, 0.15) is 11.9 Å². The summed E-state index contributed by atoms with van der Waals surface area (Å²) in [6.45, 7) is 0.408. The predicted octanol–water partition coefficient (Wildman–Crippen LogP) is 0.569. The summed E-state index contributed by atoms with van der Waals surface area (Å²) in [6.07, 6.45) is 6.64. The Balaban J connectivity index is 2.08. The van der Waals surface area contributed by atoms with Gasteiger partial charge in [0.2, 0.25) is 0 Å². The average molecular weight is 251 g/mol. The summed E-state index contributed by atoms with van der Waals surface area (Å²) < 4.78 is 0. The lowest BCUT2D eigenvalue weighted by atomic mass is 9.98. The standard InChI is InChI=1S/C12H17N3O3/c16-7-12(3-1-2-4-12)15-6-10-9(11(17)18)5-13-8-14-10/h5,8,15-16H,1-4,6-7H2,(H,17,18). The molecule has 0 spiro atoms. The van der Waals surface area contributed by atoms with Gasteiger partial charge >= 0.3 is 5.97 Å². The van der Waals surface area contributed by atoms with E-state index in [0.717, 1.165) is 25.7 Å². The van der Waals surface area contributed by atoms with Crippen molar-refractivity contribution in [1.29, 1.82) is 0 Å². The van der Waals surface area contributed by atoms with Crippen LogP contribution in [0.5, 0.6) is 0 Å². The third-order valence-electron chi connectivity index (χ3n) is 3.52. The van der Waals surface area contributed by atoms with Crippen molar-refractivity contribution >= 4 is 5.97 Å². The molecule has 1 saturated carbocycles. The monoisotopic (exact) mass is 251 g/mol. The second kappa shape index (κ2) is 5.41. The summed E-state index contributed by atoms with van der Waals surface area (Å²) >= 11 is 0. The Kier molecular flexibility index (Phi) is 3.88. The maximum absolute atomic E-state index is 11.0. The minimum atomic E-state index is -1.03. The molecule has 0 atom stereocenters. The number of rotatable bonds is 5. The number of nitrogens with zero attached hydrogens (tertiary/aromatic N) is 2. The third-order valence-corrected chi connectivity index (χ3v) is 3.52. The molecular weight excluding hydrogens is 234 g/mol.